The lowest BCUT2D eigenvalue weighted by Crippen LogP contribution is -2.08. The Bertz CT molecular complexity index is 2740. The predicted octanol–water partition coefficient (Wildman–Crippen LogP) is 4.81. The summed E-state index contributed by atoms with van der Waals surface area (Å²) in [6.07, 6.45) is -1.52. The van der Waals surface area contributed by atoms with E-state index in [9.17, 15) is 38.4 Å². The molecule has 0 fully saturated rings. The molecule has 5 heterocycles. The van der Waals surface area contributed by atoms with E-state index in [1.54, 1.807) is 24.3 Å². The minimum absolute atomic E-state index is 0.0214. The fourth-order valence-corrected chi connectivity index (χ4v) is 8.02. The average molecular weight is 943 g/mol. The zero-order chi connectivity index (χ0) is 49.7. The number of aromatic nitrogens is 4. The summed E-state index contributed by atoms with van der Waals surface area (Å²) in [4.78, 5) is 120. The van der Waals surface area contributed by atoms with E-state index < -0.39 is 47.8 Å². The Kier molecular flexibility index (Phi) is 17.9. The van der Waals surface area contributed by atoms with Gasteiger partial charge < -0.3 is 47.9 Å². The third kappa shape index (κ3) is 12.4. The molecule has 8 bridgehead atoms. The van der Waals surface area contributed by atoms with Gasteiger partial charge in [-0.05, 0) is 94.5 Å². The van der Waals surface area contributed by atoms with Crippen LogP contribution in [0.4, 0.5) is 0 Å². The fourth-order valence-electron chi connectivity index (χ4n) is 8.02. The topological polar surface area (TPSA) is 268 Å². The van der Waals surface area contributed by atoms with E-state index in [4.69, 9.17) is 47.9 Å². The van der Waals surface area contributed by atoms with E-state index in [1.165, 1.54) is 56.9 Å². The highest BCUT2D eigenvalue weighted by Crippen LogP contribution is 2.41. The summed E-state index contributed by atoms with van der Waals surface area (Å²) < 4.78 is 40.4. The molecule has 20 heteroatoms. The van der Waals surface area contributed by atoms with Crippen LogP contribution in [0, 0.1) is 0 Å². The summed E-state index contributed by atoms with van der Waals surface area (Å²) in [7, 11) is 9.91. The fraction of sp³-hybridized carbons (Fsp3) is 0.417. The SMILES string of the molecule is COC(=O)CCC1=C(CC(=O)OC)c2cc3nc(cc4[nH]c(cc5[nH]c(cc1n2)c(CCC(=O)OC)c5CC(=O)OC)c(CCC(=O)OC)c4CC(=O)OC)C(CC(=O)OC)=C3CCC(=O)OC. The van der Waals surface area contributed by atoms with Crippen molar-refractivity contribution in [3.63, 3.8) is 0 Å². The van der Waals surface area contributed by atoms with Crippen LogP contribution in [0.3, 0.4) is 0 Å². The molecule has 2 N–H and O–H groups in total. The summed E-state index contributed by atoms with van der Waals surface area (Å²) in [5.74, 6) is -4.68. The predicted molar refractivity (Wildman–Crippen MR) is 243 cm³/mol. The molecule has 362 valence electrons. The van der Waals surface area contributed by atoms with Crippen molar-refractivity contribution in [1.82, 2.24) is 19.9 Å². The number of carbonyl (C=O) groups is 8. The molecule has 0 saturated carbocycles. The van der Waals surface area contributed by atoms with Crippen molar-refractivity contribution < 1.29 is 76.3 Å². The molecule has 0 spiro atoms. The lowest BCUT2D eigenvalue weighted by Gasteiger charge is -2.09. The monoisotopic (exact) mass is 942 g/mol. The minimum atomic E-state index is -0.638. The van der Waals surface area contributed by atoms with Gasteiger partial charge in [-0.15, -0.1) is 0 Å². The van der Waals surface area contributed by atoms with Gasteiger partial charge in [0.25, 0.3) is 0 Å². The minimum Gasteiger partial charge on any atom is -0.469 e. The van der Waals surface area contributed by atoms with Crippen molar-refractivity contribution in [2.24, 2.45) is 0 Å². The van der Waals surface area contributed by atoms with Crippen molar-refractivity contribution in [2.45, 2.75) is 77.0 Å². The van der Waals surface area contributed by atoms with E-state index in [2.05, 4.69) is 9.97 Å². The lowest BCUT2D eigenvalue weighted by molar-refractivity contribution is -0.141. The zero-order valence-electron chi connectivity index (χ0n) is 39.2. The maximum atomic E-state index is 13.2. The Balaban J connectivity index is 2.11. The number of allylic oxidation sites excluding steroid dienone is 2. The van der Waals surface area contributed by atoms with E-state index in [1.807, 2.05) is 0 Å². The van der Waals surface area contributed by atoms with Gasteiger partial charge in [0.1, 0.15) is 0 Å². The maximum absolute atomic E-state index is 13.2. The van der Waals surface area contributed by atoms with Crippen LogP contribution < -0.4 is 0 Å². The Morgan fingerprint density at radius 1 is 0.338 bits per heavy atom. The van der Waals surface area contributed by atoms with Crippen LogP contribution in [-0.4, -0.2) is 125 Å². The summed E-state index contributed by atoms with van der Waals surface area (Å²) in [6, 6.07) is 6.57. The number of methoxy groups -OCH3 is 8. The van der Waals surface area contributed by atoms with Crippen molar-refractivity contribution in [3.8, 4) is 0 Å². The molecular weight excluding hydrogens is 889 g/mol. The second-order valence-electron chi connectivity index (χ2n) is 15.4. The quantitative estimate of drug-likeness (QED) is 0.114. The molecule has 0 amide bonds. The molecule has 2 aliphatic heterocycles. The number of fused-ring (bicyclic) bond motifs is 8. The first-order valence-corrected chi connectivity index (χ1v) is 21.4. The van der Waals surface area contributed by atoms with Crippen LogP contribution in [0.2, 0.25) is 0 Å². The molecule has 0 unspecified atom stereocenters. The van der Waals surface area contributed by atoms with Gasteiger partial charge >= 0.3 is 47.8 Å². The number of hydrogen-bond acceptors (Lipinski definition) is 18. The van der Waals surface area contributed by atoms with Crippen molar-refractivity contribution in [1.29, 1.82) is 0 Å². The van der Waals surface area contributed by atoms with Gasteiger partial charge in [-0.25, -0.2) is 9.97 Å². The first kappa shape index (κ1) is 51.3. The van der Waals surface area contributed by atoms with Gasteiger partial charge in [-0.2, -0.15) is 0 Å². The average Bonchev–Trinajstić information content (AvgIpc) is 4.04. The van der Waals surface area contributed by atoms with E-state index in [-0.39, 0.29) is 99.8 Å². The lowest BCUT2D eigenvalue weighted by atomic mass is 9.95. The first-order valence-electron chi connectivity index (χ1n) is 21.4. The number of esters is 8. The number of carbonyl (C=O) groups excluding carboxylic acids is 8. The molecule has 20 nitrogen and oxygen atoms in total. The smallest absolute Gasteiger partial charge is 0.310 e. The Hall–Kier alpha value is -7.64. The van der Waals surface area contributed by atoms with Crippen LogP contribution in [0.25, 0.3) is 44.4 Å². The third-order valence-electron chi connectivity index (χ3n) is 11.6. The molecule has 0 aliphatic carbocycles. The van der Waals surface area contributed by atoms with Crippen molar-refractivity contribution in [3.05, 3.63) is 69.3 Å². The van der Waals surface area contributed by atoms with Crippen LogP contribution in [0.5, 0.6) is 0 Å². The second-order valence-corrected chi connectivity index (χ2v) is 15.4. The highest BCUT2D eigenvalue weighted by molar-refractivity contribution is 6.03. The highest BCUT2D eigenvalue weighted by atomic mass is 16.5. The summed E-state index contributed by atoms with van der Waals surface area (Å²) in [6.45, 7) is 0. The number of rotatable bonds is 20. The highest BCUT2D eigenvalue weighted by Gasteiger charge is 2.29. The van der Waals surface area contributed by atoms with Gasteiger partial charge in [0.05, 0.1) is 105 Å². The molecule has 3 aromatic rings. The molecule has 0 radical (unpaired) electrons. The molecule has 2 aliphatic rings. The molecule has 68 heavy (non-hydrogen) atoms. The van der Waals surface area contributed by atoms with Crippen LogP contribution in [0.1, 0.15) is 96.4 Å². The largest absolute Gasteiger partial charge is 0.469 e. The van der Waals surface area contributed by atoms with E-state index in [0.717, 1.165) is 0 Å². The number of aryl methyl sites for hydroxylation is 2. The molecular formula is C48H54N4O16. The molecule has 0 aromatic carbocycles. The Morgan fingerprint density at radius 2 is 0.618 bits per heavy atom. The van der Waals surface area contributed by atoms with Crippen molar-refractivity contribution >= 4 is 92.1 Å². The zero-order valence-corrected chi connectivity index (χ0v) is 39.2. The second kappa shape index (κ2) is 23.7. The summed E-state index contributed by atoms with van der Waals surface area (Å²) in [5, 5.41) is 0. The van der Waals surface area contributed by atoms with Gasteiger partial charge in [0.2, 0.25) is 0 Å². The third-order valence-corrected chi connectivity index (χ3v) is 11.6. The Morgan fingerprint density at radius 3 is 1.00 bits per heavy atom. The summed E-state index contributed by atoms with van der Waals surface area (Å²) in [5.41, 5.74) is 5.90. The molecule has 0 atom stereocenters. The summed E-state index contributed by atoms with van der Waals surface area (Å²) >= 11 is 0. The normalized spacial score (nSPS) is 12.0. The van der Waals surface area contributed by atoms with Gasteiger partial charge in [0.15, 0.2) is 0 Å². The molecule has 0 saturated heterocycles. The van der Waals surface area contributed by atoms with Gasteiger partial charge in [0, 0.05) is 47.8 Å². The van der Waals surface area contributed by atoms with Crippen LogP contribution >= 0.6 is 0 Å². The van der Waals surface area contributed by atoms with E-state index >= 15 is 0 Å². The first-order chi connectivity index (χ1) is 32.6. The number of ether oxygens (including phenoxy) is 8. The van der Waals surface area contributed by atoms with Crippen LogP contribution in [-0.2, 0) is 102 Å². The van der Waals surface area contributed by atoms with Crippen molar-refractivity contribution in [2.75, 3.05) is 56.9 Å². The standard InChI is InChI=1S/C48H54N4O16/c1-61-41(53)13-9-25-29(17-45(57)65-5)37-22-35-27(11-15-43(55)63-3)31(19-47(59)67-7)39(51-35)24-40-32(20-48(60)68-8)28(12-16-44(56)64-4)36(52-40)23-38-30(18-46(58)66-6)26(10-14-42(54)62-2)34(50-38)21-33(25)49-37/h21-24,49,51H,9-20H2,1-8H3. The van der Waals surface area contributed by atoms with Crippen LogP contribution in [0.15, 0.2) is 24.3 Å². The number of hydrogen-bond donors (Lipinski definition) is 2. The number of aromatic amines is 2. The molecule has 3 aromatic heterocycles. The number of nitrogens with one attached hydrogen (secondary N) is 2. The maximum Gasteiger partial charge on any atom is 0.310 e. The number of nitrogens with zero attached hydrogens (tertiary/aromatic N) is 2. The van der Waals surface area contributed by atoms with E-state index in [0.29, 0.717) is 66.6 Å². The van der Waals surface area contributed by atoms with Gasteiger partial charge in [-0.3, -0.25) is 38.4 Å². The number of H-pyrrole nitrogens is 2. The molecule has 5 rings (SSSR count). The van der Waals surface area contributed by atoms with Gasteiger partial charge in [-0.1, -0.05) is 0 Å². The Labute approximate surface area is 390 Å².